The lowest BCUT2D eigenvalue weighted by Crippen LogP contribution is -2.33. The number of methoxy groups -OCH3 is 1. The molecule has 1 aliphatic rings. The van der Waals surface area contributed by atoms with E-state index < -0.39 is 35.0 Å². The maximum absolute atomic E-state index is 12.6. The molecule has 0 spiro atoms. The van der Waals surface area contributed by atoms with E-state index >= 15 is 0 Å². The van der Waals surface area contributed by atoms with Crippen molar-refractivity contribution in [3.63, 3.8) is 0 Å². The second-order valence-corrected chi connectivity index (χ2v) is 7.28. The summed E-state index contributed by atoms with van der Waals surface area (Å²) in [5.74, 6) is -1.46. The maximum atomic E-state index is 12.6. The molecule has 2 amide bonds. The van der Waals surface area contributed by atoms with Gasteiger partial charge in [-0.1, -0.05) is 6.07 Å². The van der Waals surface area contributed by atoms with E-state index in [4.69, 9.17) is 4.74 Å². The highest BCUT2D eigenvalue weighted by Gasteiger charge is 2.36. The van der Waals surface area contributed by atoms with Crippen molar-refractivity contribution in [3.05, 3.63) is 68.6 Å². The summed E-state index contributed by atoms with van der Waals surface area (Å²) in [7, 11) is 1.26. The number of thioether (sulfide) groups is 1. The van der Waals surface area contributed by atoms with Crippen molar-refractivity contribution in [2.75, 3.05) is 13.7 Å². The van der Waals surface area contributed by atoms with E-state index in [9.17, 15) is 33.3 Å². The number of ether oxygens (including phenoxy) is 2. The molecular weight excluding hydrogens is 450 g/mol. The molecule has 1 aliphatic heterocycles. The zero-order valence-electron chi connectivity index (χ0n) is 16.3. The Labute approximate surface area is 183 Å². The van der Waals surface area contributed by atoms with Crippen LogP contribution in [-0.4, -0.2) is 47.0 Å². The fourth-order valence-corrected chi connectivity index (χ4v) is 3.60. The molecule has 0 bridgehead atoms. The highest BCUT2D eigenvalue weighted by molar-refractivity contribution is 8.18. The topological polar surface area (TPSA) is 116 Å². The summed E-state index contributed by atoms with van der Waals surface area (Å²) in [4.78, 5) is 48.1. The van der Waals surface area contributed by atoms with Crippen molar-refractivity contribution in [3.8, 4) is 11.5 Å². The van der Waals surface area contributed by atoms with Crippen LogP contribution >= 0.6 is 11.8 Å². The Bertz CT molecular complexity index is 1120. The number of non-ortho nitro benzene ring substituents is 1. The Morgan fingerprint density at radius 2 is 1.88 bits per heavy atom. The van der Waals surface area contributed by atoms with Gasteiger partial charge in [0.1, 0.15) is 0 Å². The first-order chi connectivity index (χ1) is 15.2. The van der Waals surface area contributed by atoms with Gasteiger partial charge in [0.15, 0.2) is 17.3 Å². The van der Waals surface area contributed by atoms with Gasteiger partial charge in [-0.2, -0.15) is 8.78 Å². The number of nitro groups is 1. The number of halogens is 2. The van der Waals surface area contributed by atoms with Crippen molar-refractivity contribution in [2.24, 2.45) is 0 Å². The number of alkyl halides is 2. The Morgan fingerprint density at radius 1 is 1.19 bits per heavy atom. The number of rotatable bonds is 8. The van der Waals surface area contributed by atoms with Gasteiger partial charge < -0.3 is 9.47 Å². The van der Waals surface area contributed by atoms with Gasteiger partial charge in [-0.05, 0) is 47.7 Å². The number of nitrogens with zero attached hydrogens (tertiary/aromatic N) is 2. The lowest BCUT2D eigenvalue weighted by molar-refractivity contribution is -0.384. The zero-order valence-corrected chi connectivity index (χ0v) is 17.1. The van der Waals surface area contributed by atoms with E-state index in [0.717, 1.165) is 17.0 Å². The molecule has 0 unspecified atom stereocenters. The van der Waals surface area contributed by atoms with Gasteiger partial charge in [0.2, 0.25) is 0 Å². The number of carbonyl (C=O) groups is 3. The van der Waals surface area contributed by atoms with Crippen LogP contribution in [-0.2, 0) is 4.79 Å². The van der Waals surface area contributed by atoms with Gasteiger partial charge in [-0.3, -0.25) is 29.4 Å². The minimum absolute atomic E-state index is 0.00614. The van der Waals surface area contributed by atoms with Gasteiger partial charge in [-0.25, -0.2) is 0 Å². The quantitative estimate of drug-likeness (QED) is 0.248. The summed E-state index contributed by atoms with van der Waals surface area (Å²) in [5.41, 5.74) is 0.296. The highest BCUT2D eigenvalue weighted by atomic mass is 32.2. The summed E-state index contributed by atoms with van der Waals surface area (Å²) in [6.07, 6.45) is 1.36. The average molecular weight is 464 g/mol. The predicted octanol–water partition coefficient (Wildman–Crippen LogP) is 4.12. The van der Waals surface area contributed by atoms with Crippen molar-refractivity contribution in [1.82, 2.24) is 4.90 Å². The first-order valence-electron chi connectivity index (χ1n) is 8.85. The number of carbonyl (C=O) groups excluding carboxylic acids is 3. The molecule has 1 heterocycles. The number of Topliss-reactive ketones (excluding diaryl/α,β-unsaturated/α-hetero) is 1. The molecule has 1 fully saturated rings. The molecule has 0 radical (unpaired) electrons. The third-order valence-electron chi connectivity index (χ3n) is 4.28. The minimum Gasteiger partial charge on any atom is -0.493 e. The van der Waals surface area contributed by atoms with Crippen LogP contribution in [0.2, 0.25) is 0 Å². The largest absolute Gasteiger partial charge is 0.493 e. The van der Waals surface area contributed by atoms with E-state index in [1.807, 2.05) is 0 Å². The molecule has 2 aromatic rings. The molecule has 2 aromatic carbocycles. The number of ketones is 1. The fraction of sp³-hybridized carbons (Fsp3) is 0.150. The molecule has 0 N–H and O–H groups in total. The van der Waals surface area contributed by atoms with Crippen molar-refractivity contribution < 1.29 is 37.6 Å². The summed E-state index contributed by atoms with van der Waals surface area (Å²) in [5, 5.41) is 10.0. The standard InChI is InChI=1S/C20H14F2N2O7S/c1-30-16-8-11(2-7-15(16)31-19(21)22)9-17-18(26)23(20(27)32-17)10-14(25)12-3-5-13(6-4-12)24(28)29/h2-9,19H,10H2,1H3/b17-9-. The fourth-order valence-electron chi connectivity index (χ4n) is 2.76. The predicted molar refractivity (Wildman–Crippen MR) is 110 cm³/mol. The van der Waals surface area contributed by atoms with Crippen molar-refractivity contribution in [1.29, 1.82) is 0 Å². The average Bonchev–Trinajstić information content (AvgIpc) is 3.01. The van der Waals surface area contributed by atoms with E-state index in [2.05, 4.69) is 4.74 Å². The third kappa shape index (κ3) is 5.09. The van der Waals surface area contributed by atoms with E-state index in [1.165, 1.54) is 43.5 Å². The molecule has 32 heavy (non-hydrogen) atoms. The number of hydrogen-bond donors (Lipinski definition) is 0. The van der Waals surface area contributed by atoms with Gasteiger partial charge >= 0.3 is 6.61 Å². The molecule has 0 saturated carbocycles. The smallest absolute Gasteiger partial charge is 0.387 e. The van der Waals surface area contributed by atoms with Crippen LogP contribution in [0.5, 0.6) is 11.5 Å². The summed E-state index contributed by atoms with van der Waals surface area (Å²) < 4.78 is 34.2. The Balaban J connectivity index is 1.76. The van der Waals surface area contributed by atoms with Gasteiger partial charge in [-0.15, -0.1) is 0 Å². The lowest BCUT2D eigenvalue weighted by Gasteiger charge is -2.11. The number of hydrogen-bond acceptors (Lipinski definition) is 8. The zero-order chi connectivity index (χ0) is 23.4. The molecule has 3 rings (SSSR count). The van der Waals surface area contributed by atoms with Crippen molar-refractivity contribution >= 4 is 40.5 Å². The first kappa shape index (κ1) is 22.9. The second kappa shape index (κ2) is 9.56. The lowest BCUT2D eigenvalue weighted by atomic mass is 10.1. The van der Waals surface area contributed by atoms with Gasteiger partial charge in [0, 0.05) is 17.7 Å². The summed E-state index contributed by atoms with van der Waals surface area (Å²) >= 11 is 0.613. The van der Waals surface area contributed by atoms with E-state index in [0.29, 0.717) is 17.3 Å². The van der Waals surface area contributed by atoms with Crippen LogP contribution in [0.15, 0.2) is 47.4 Å². The van der Waals surface area contributed by atoms with E-state index in [-0.39, 0.29) is 27.7 Å². The highest BCUT2D eigenvalue weighted by Crippen LogP contribution is 2.35. The number of benzene rings is 2. The van der Waals surface area contributed by atoms with Crippen LogP contribution in [0.1, 0.15) is 15.9 Å². The Morgan fingerprint density at radius 3 is 2.47 bits per heavy atom. The molecule has 0 atom stereocenters. The normalized spacial score (nSPS) is 14.9. The van der Waals surface area contributed by atoms with E-state index in [1.54, 1.807) is 0 Å². The summed E-state index contributed by atoms with van der Waals surface area (Å²) in [6, 6.07) is 8.77. The monoisotopic (exact) mass is 464 g/mol. The van der Waals surface area contributed by atoms with Crippen molar-refractivity contribution in [2.45, 2.75) is 6.61 Å². The Kier molecular flexibility index (Phi) is 6.83. The SMILES string of the molecule is COc1cc(/C=C2\SC(=O)N(CC(=O)c3ccc([N+](=O)[O-])cc3)C2=O)ccc1OC(F)F. The summed E-state index contributed by atoms with van der Waals surface area (Å²) in [6.45, 7) is -3.58. The first-order valence-corrected chi connectivity index (χ1v) is 9.67. The van der Waals surface area contributed by atoms with Crippen LogP contribution in [0.4, 0.5) is 19.3 Å². The number of amides is 2. The molecule has 12 heteroatoms. The van der Waals surface area contributed by atoms with Gasteiger partial charge in [0.05, 0.1) is 23.5 Å². The maximum Gasteiger partial charge on any atom is 0.387 e. The molecule has 0 aliphatic carbocycles. The van der Waals surface area contributed by atoms with Crippen LogP contribution in [0.25, 0.3) is 6.08 Å². The molecule has 9 nitrogen and oxygen atoms in total. The molecule has 1 saturated heterocycles. The second-order valence-electron chi connectivity index (χ2n) is 6.28. The Hall–Kier alpha value is -3.80. The molecular formula is C20H14F2N2O7S. The molecule has 0 aromatic heterocycles. The third-order valence-corrected chi connectivity index (χ3v) is 5.18. The number of imide groups is 1. The number of nitro benzene ring substituents is 1. The molecule has 166 valence electrons. The van der Waals surface area contributed by atoms with Crippen LogP contribution in [0.3, 0.4) is 0 Å². The minimum atomic E-state index is -3.04. The van der Waals surface area contributed by atoms with Gasteiger partial charge in [0.25, 0.3) is 16.8 Å². The van der Waals surface area contributed by atoms with Crippen LogP contribution in [0, 0.1) is 10.1 Å². The van der Waals surface area contributed by atoms with Crippen LogP contribution < -0.4 is 9.47 Å².